The van der Waals surface area contributed by atoms with E-state index in [1.165, 1.54) is 4.90 Å². The van der Waals surface area contributed by atoms with Gasteiger partial charge in [-0.25, -0.2) is 4.90 Å². The molecule has 2 saturated heterocycles. The maximum Gasteiger partial charge on any atom is 0.240 e. The van der Waals surface area contributed by atoms with Crippen molar-refractivity contribution in [2.24, 2.45) is 11.8 Å². The predicted molar refractivity (Wildman–Crippen MR) is 149 cm³/mol. The van der Waals surface area contributed by atoms with Crippen molar-refractivity contribution in [2.75, 3.05) is 4.90 Å². The molecule has 8 heteroatoms. The summed E-state index contributed by atoms with van der Waals surface area (Å²) in [5.41, 5.74) is 1.85. The van der Waals surface area contributed by atoms with Gasteiger partial charge in [0.2, 0.25) is 11.8 Å². The molecule has 4 atom stereocenters. The number of amides is 2. The quantitative estimate of drug-likeness (QED) is 0.271. The lowest BCUT2D eigenvalue weighted by atomic mass is 9.85. The fraction of sp³-hybridized carbons (Fsp3) is 0.133. The van der Waals surface area contributed by atoms with E-state index in [4.69, 9.17) is 0 Å². The normalized spacial score (nSPS) is 23.8. The van der Waals surface area contributed by atoms with Crippen molar-refractivity contribution in [1.29, 1.82) is 0 Å². The molecule has 3 aliphatic rings. The van der Waals surface area contributed by atoms with Crippen LogP contribution in [0.2, 0.25) is 0 Å². The molecule has 3 aromatic carbocycles. The molecule has 6 rings (SSSR count). The minimum absolute atomic E-state index is 0.178. The molecule has 3 aliphatic heterocycles. The van der Waals surface area contributed by atoms with Gasteiger partial charge in [0, 0.05) is 31.8 Å². The number of carbonyl (C=O) groups is 4. The number of hydrogen-bond donors (Lipinski definition) is 0. The highest BCUT2D eigenvalue weighted by molar-refractivity contribution is 9.10. The fourth-order valence-corrected chi connectivity index (χ4v) is 6.11. The Kier molecular flexibility index (Phi) is 6.24. The van der Waals surface area contributed by atoms with Crippen molar-refractivity contribution in [1.82, 2.24) is 4.90 Å². The highest BCUT2D eigenvalue weighted by Crippen LogP contribution is 2.47. The number of rotatable bonds is 5. The first-order chi connectivity index (χ1) is 18.3. The Bertz CT molecular complexity index is 1530. The topological polar surface area (TPSA) is 74.8 Å². The largest absolute Gasteiger partial charge is 0.359 e. The molecule has 188 valence electrons. The van der Waals surface area contributed by atoms with Gasteiger partial charge in [-0.05, 0) is 42.5 Å². The standard InChI is InChI=1S/C30H20Br2N2O4/c31-20-8-6-18(7-9-20)28(36)26-25-24(29(37)34(30(25)38)22-12-10-21(32)11-13-22)23-16-19(14-15-33(23)26)27(35)17-4-2-1-3-5-17/h1-16,23-26H/t23-,24-,25-,26+/m1/s1. The summed E-state index contributed by atoms with van der Waals surface area (Å²) in [5, 5.41) is 0. The first-order valence-electron chi connectivity index (χ1n) is 12.1. The van der Waals surface area contributed by atoms with E-state index in [0.717, 1.165) is 8.95 Å². The summed E-state index contributed by atoms with van der Waals surface area (Å²) in [6.45, 7) is 0. The lowest BCUT2D eigenvalue weighted by Gasteiger charge is -2.32. The molecular formula is C30H20Br2N2O4. The van der Waals surface area contributed by atoms with Gasteiger partial charge in [-0.3, -0.25) is 19.2 Å². The van der Waals surface area contributed by atoms with Gasteiger partial charge in [-0.1, -0.05) is 80.4 Å². The number of hydrogen-bond acceptors (Lipinski definition) is 5. The van der Waals surface area contributed by atoms with Crippen molar-refractivity contribution < 1.29 is 19.2 Å². The van der Waals surface area contributed by atoms with Crippen molar-refractivity contribution >= 4 is 60.9 Å². The van der Waals surface area contributed by atoms with E-state index in [0.29, 0.717) is 22.4 Å². The van der Waals surface area contributed by atoms with Crippen LogP contribution in [0.1, 0.15) is 20.7 Å². The zero-order valence-corrected chi connectivity index (χ0v) is 23.0. The van der Waals surface area contributed by atoms with E-state index < -0.39 is 29.8 Å². The van der Waals surface area contributed by atoms with Gasteiger partial charge in [0.05, 0.1) is 23.6 Å². The second-order valence-corrected chi connectivity index (χ2v) is 11.3. The van der Waals surface area contributed by atoms with Crippen molar-refractivity contribution in [3.05, 3.63) is 123 Å². The van der Waals surface area contributed by atoms with E-state index >= 15 is 0 Å². The number of allylic oxidation sites excluding steroid dienone is 2. The molecule has 38 heavy (non-hydrogen) atoms. The summed E-state index contributed by atoms with van der Waals surface area (Å²) < 4.78 is 1.65. The van der Waals surface area contributed by atoms with Crippen molar-refractivity contribution in [3.63, 3.8) is 0 Å². The van der Waals surface area contributed by atoms with Crippen LogP contribution >= 0.6 is 31.9 Å². The Balaban J connectivity index is 1.43. The Morgan fingerprint density at radius 2 is 1.32 bits per heavy atom. The number of nitrogens with zero attached hydrogens (tertiary/aromatic N) is 2. The molecule has 0 unspecified atom stereocenters. The third kappa shape index (κ3) is 3.99. The minimum atomic E-state index is -0.889. The van der Waals surface area contributed by atoms with Gasteiger partial charge in [0.15, 0.2) is 11.6 Å². The zero-order valence-electron chi connectivity index (χ0n) is 19.8. The molecule has 3 aromatic rings. The summed E-state index contributed by atoms with van der Waals surface area (Å²) >= 11 is 6.78. The zero-order chi connectivity index (χ0) is 26.6. The summed E-state index contributed by atoms with van der Waals surface area (Å²) in [6.07, 6.45) is 5.08. The minimum Gasteiger partial charge on any atom is -0.359 e. The molecule has 0 aromatic heterocycles. The molecule has 6 nitrogen and oxygen atoms in total. The van der Waals surface area contributed by atoms with Crippen LogP contribution in [0.15, 0.2) is 112 Å². The van der Waals surface area contributed by atoms with Crippen LogP contribution in [0.4, 0.5) is 5.69 Å². The summed E-state index contributed by atoms with van der Waals surface area (Å²) in [5.74, 6) is -2.91. The molecule has 0 N–H and O–H groups in total. The first kappa shape index (κ1) is 24.7. The van der Waals surface area contributed by atoms with Gasteiger partial charge in [-0.2, -0.15) is 0 Å². The third-order valence-corrected chi connectivity index (χ3v) is 8.39. The second kappa shape index (κ2) is 9.60. The molecule has 0 bridgehead atoms. The van der Waals surface area contributed by atoms with E-state index in [1.54, 1.807) is 96.0 Å². The van der Waals surface area contributed by atoms with Crippen LogP contribution in [-0.2, 0) is 9.59 Å². The highest BCUT2D eigenvalue weighted by Gasteiger charge is 2.63. The van der Waals surface area contributed by atoms with Gasteiger partial charge < -0.3 is 4.90 Å². The number of imide groups is 1. The Morgan fingerprint density at radius 1 is 0.711 bits per heavy atom. The average Bonchev–Trinajstić information content (AvgIpc) is 3.41. The Morgan fingerprint density at radius 3 is 1.97 bits per heavy atom. The molecular weight excluding hydrogens is 612 g/mol. The Hall–Kier alpha value is -3.62. The average molecular weight is 632 g/mol. The number of carbonyl (C=O) groups excluding carboxylic acids is 4. The number of halogens is 2. The second-order valence-electron chi connectivity index (χ2n) is 9.43. The maximum absolute atomic E-state index is 13.9. The maximum atomic E-state index is 13.9. The van der Waals surface area contributed by atoms with Crippen molar-refractivity contribution in [2.45, 2.75) is 12.1 Å². The molecule has 0 radical (unpaired) electrons. The van der Waals surface area contributed by atoms with Gasteiger partial charge in [0.25, 0.3) is 0 Å². The van der Waals surface area contributed by atoms with Crippen LogP contribution in [0.3, 0.4) is 0 Å². The lowest BCUT2D eigenvalue weighted by molar-refractivity contribution is -0.123. The SMILES string of the molecule is O=C(C1=C[C@@H]2[C@H]3C(=O)N(c4ccc(Br)cc4)C(=O)[C@H]3[C@@H](C(=O)c3ccc(Br)cc3)N2C=C1)c1ccccc1. The van der Waals surface area contributed by atoms with Crippen LogP contribution in [0.25, 0.3) is 0 Å². The number of fused-ring (bicyclic) bond motifs is 3. The summed E-state index contributed by atoms with van der Waals surface area (Å²) in [6, 6.07) is 21.3. The summed E-state index contributed by atoms with van der Waals surface area (Å²) in [7, 11) is 0. The smallest absolute Gasteiger partial charge is 0.240 e. The van der Waals surface area contributed by atoms with E-state index in [2.05, 4.69) is 31.9 Å². The Labute approximate surface area is 235 Å². The molecule has 0 spiro atoms. The third-order valence-electron chi connectivity index (χ3n) is 7.33. The van der Waals surface area contributed by atoms with Gasteiger partial charge in [0.1, 0.15) is 6.04 Å². The van der Waals surface area contributed by atoms with Gasteiger partial charge >= 0.3 is 0 Å². The molecule has 2 fully saturated rings. The fourth-order valence-electron chi connectivity index (χ4n) is 5.58. The number of anilines is 1. The van der Waals surface area contributed by atoms with Crippen LogP contribution in [0, 0.1) is 11.8 Å². The van der Waals surface area contributed by atoms with Crippen LogP contribution in [-0.4, -0.2) is 40.4 Å². The monoisotopic (exact) mass is 630 g/mol. The van der Waals surface area contributed by atoms with E-state index in [1.807, 2.05) is 6.07 Å². The number of benzene rings is 3. The molecule has 2 amide bonds. The van der Waals surface area contributed by atoms with Crippen molar-refractivity contribution in [3.8, 4) is 0 Å². The molecule has 3 heterocycles. The number of Topliss-reactive ketones (excluding diaryl/α,β-unsaturated/α-hetero) is 2. The highest BCUT2D eigenvalue weighted by atomic mass is 79.9. The van der Waals surface area contributed by atoms with Crippen LogP contribution in [0.5, 0.6) is 0 Å². The van der Waals surface area contributed by atoms with E-state index in [9.17, 15) is 19.2 Å². The molecule has 0 saturated carbocycles. The van der Waals surface area contributed by atoms with Crippen LogP contribution < -0.4 is 4.90 Å². The first-order valence-corrected chi connectivity index (χ1v) is 13.6. The van der Waals surface area contributed by atoms with E-state index in [-0.39, 0.29) is 17.5 Å². The summed E-state index contributed by atoms with van der Waals surface area (Å²) in [4.78, 5) is 57.8. The number of ketones is 2. The lowest BCUT2D eigenvalue weighted by Crippen LogP contribution is -2.46. The molecule has 0 aliphatic carbocycles. The predicted octanol–water partition coefficient (Wildman–Crippen LogP) is 5.59. The van der Waals surface area contributed by atoms with Gasteiger partial charge in [-0.15, -0.1) is 0 Å².